The third kappa shape index (κ3) is 3.84. The lowest BCUT2D eigenvalue weighted by atomic mass is 9.87. The third-order valence-corrected chi connectivity index (χ3v) is 4.98. The van der Waals surface area contributed by atoms with E-state index in [1.54, 1.807) is 0 Å². The van der Waals surface area contributed by atoms with E-state index < -0.39 is 11.6 Å². The fraction of sp³-hybridized carbons (Fsp3) is 0.471. The van der Waals surface area contributed by atoms with Crippen molar-refractivity contribution in [2.75, 3.05) is 19.6 Å². The van der Waals surface area contributed by atoms with Crippen molar-refractivity contribution in [2.24, 2.45) is 5.16 Å². The molecule has 6 nitrogen and oxygen atoms in total. The van der Waals surface area contributed by atoms with E-state index in [1.807, 2.05) is 18.2 Å². The molecular weight excluding hydrogens is 326 g/mol. The van der Waals surface area contributed by atoms with Crippen LogP contribution in [0.15, 0.2) is 35.5 Å². The summed E-state index contributed by atoms with van der Waals surface area (Å²) in [7, 11) is 0. The summed E-state index contributed by atoms with van der Waals surface area (Å²) in [5.74, 6) is -0.993. The van der Waals surface area contributed by atoms with Gasteiger partial charge in [0.25, 0.3) is 0 Å². The van der Waals surface area contributed by atoms with Gasteiger partial charge in [-0.1, -0.05) is 35.5 Å². The highest BCUT2D eigenvalue weighted by molar-refractivity contribution is 7.80. The molecule has 0 aliphatic carbocycles. The molecule has 24 heavy (non-hydrogen) atoms. The Morgan fingerprint density at radius 3 is 2.67 bits per heavy atom. The average molecular weight is 347 g/mol. The van der Waals surface area contributed by atoms with Gasteiger partial charge in [-0.15, -0.1) is 0 Å². The van der Waals surface area contributed by atoms with E-state index in [-0.39, 0.29) is 5.71 Å². The maximum atomic E-state index is 11.0. The zero-order chi connectivity index (χ0) is 17.0. The highest BCUT2D eigenvalue weighted by atomic mass is 32.1. The minimum absolute atomic E-state index is 0.118. The number of oxime groups is 1. The van der Waals surface area contributed by atoms with E-state index in [2.05, 4.69) is 27.5 Å². The van der Waals surface area contributed by atoms with Gasteiger partial charge >= 0.3 is 5.97 Å². The Morgan fingerprint density at radius 1 is 1.33 bits per heavy atom. The number of benzene rings is 1. The number of rotatable bonds is 4. The van der Waals surface area contributed by atoms with E-state index in [4.69, 9.17) is 22.2 Å². The van der Waals surface area contributed by atoms with Gasteiger partial charge in [-0.2, -0.15) is 0 Å². The summed E-state index contributed by atoms with van der Waals surface area (Å²) in [4.78, 5) is 18.5. The largest absolute Gasteiger partial charge is 0.477 e. The summed E-state index contributed by atoms with van der Waals surface area (Å²) in [6.45, 7) is 2.30. The average Bonchev–Trinajstić information content (AvgIpc) is 3.00. The van der Waals surface area contributed by atoms with Crippen LogP contribution in [-0.4, -0.2) is 52.0 Å². The van der Waals surface area contributed by atoms with Crippen molar-refractivity contribution in [1.82, 2.24) is 10.2 Å². The number of carboxylic acids is 1. The van der Waals surface area contributed by atoms with Crippen molar-refractivity contribution in [3.63, 3.8) is 0 Å². The van der Waals surface area contributed by atoms with Gasteiger partial charge < -0.3 is 20.2 Å². The van der Waals surface area contributed by atoms with E-state index in [1.165, 1.54) is 5.56 Å². The molecular formula is C17H21N3O3S. The topological polar surface area (TPSA) is 74.2 Å². The number of nitrogens with one attached hydrogen (secondary N) is 1. The molecule has 2 N–H and O–H groups in total. The van der Waals surface area contributed by atoms with Crippen LogP contribution in [-0.2, 0) is 16.1 Å². The molecule has 0 saturated carbocycles. The molecule has 1 saturated heterocycles. The molecule has 0 bridgehead atoms. The van der Waals surface area contributed by atoms with Crippen LogP contribution in [0.3, 0.4) is 0 Å². The minimum Gasteiger partial charge on any atom is -0.477 e. The first-order chi connectivity index (χ1) is 11.6. The highest BCUT2D eigenvalue weighted by Crippen LogP contribution is 2.34. The quantitative estimate of drug-likeness (QED) is 0.809. The molecule has 1 fully saturated rings. The molecule has 0 amide bonds. The van der Waals surface area contributed by atoms with Crippen LogP contribution in [0.4, 0.5) is 0 Å². The van der Waals surface area contributed by atoms with Crippen molar-refractivity contribution >= 4 is 29.0 Å². The molecule has 7 heteroatoms. The fourth-order valence-electron chi connectivity index (χ4n) is 3.09. The third-order valence-electron chi connectivity index (χ3n) is 4.58. The molecule has 1 aromatic rings. The van der Waals surface area contributed by atoms with Crippen LogP contribution < -0.4 is 5.32 Å². The standard InChI is InChI=1S/C17H21N3O3S/c21-15(22)14-12-17(23-19-14)7-10-20(11-8-17)16(24)18-9-6-13-4-2-1-3-5-13/h1-5H,6-12H2,(H,18,24)(H,21,22). The number of carboxylic acid groups (broad SMARTS) is 1. The van der Waals surface area contributed by atoms with Gasteiger partial charge in [0.2, 0.25) is 0 Å². The number of thiocarbonyl (C=S) groups is 1. The van der Waals surface area contributed by atoms with Crippen molar-refractivity contribution in [3.05, 3.63) is 35.9 Å². The number of aliphatic carboxylic acids is 1. The smallest absolute Gasteiger partial charge is 0.353 e. The Kier molecular flexibility index (Phi) is 4.99. The monoisotopic (exact) mass is 347 g/mol. The van der Waals surface area contributed by atoms with Gasteiger partial charge in [0.05, 0.1) is 0 Å². The Labute approximate surface area is 146 Å². The van der Waals surface area contributed by atoms with Crippen LogP contribution in [0.1, 0.15) is 24.8 Å². The van der Waals surface area contributed by atoms with Gasteiger partial charge in [0.1, 0.15) is 5.60 Å². The first-order valence-corrected chi connectivity index (χ1v) is 8.54. The maximum Gasteiger partial charge on any atom is 0.353 e. The Bertz CT molecular complexity index is 640. The van der Waals surface area contributed by atoms with Gasteiger partial charge in [0.15, 0.2) is 10.8 Å². The first kappa shape index (κ1) is 16.7. The molecule has 0 radical (unpaired) electrons. The summed E-state index contributed by atoms with van der Waals surface area (Å²) in [6, 6.07) is 10.3. The number of likely N-dealkylation sites (tertiary alicyclic amines) is 1. The van der Waals surface area contributed by atoms with Crippen LogP contribution >= 0.6 is 12.2 Å². The summed E-state index contributed by atoms with van der Waals surface area (Å²) in [6.07, 6.45) is 2.77. The van der Waals surface area contributed by atoms with Gasteiger partial charge in [-0.3, -0.25) is 0 Å². The molecule has 2 aliphatic heterocycles. The molecule has 0 unspecified atom stereocenters. The molecule has 128 valence electrons. The highest BCUT2D eigenvalue weighted by Gasteiger charge is 2.44. The molecule has 0 aromatic heterocycles. The Balaban J connectivity index is 1.42. The Hall–Kier alpha value is -2.15. The predicted molar refractivity (Wildman–Crippen MR) is 95.1 cm³/mol. The summed E-state index contributed by atoms with van der Waals surface area (Å²) >= 11 is 5.47. The van der Waals surface area contributed by atoms with E-state index >= 15 is 0 Å². The van der Waals surface area contributed by atoms with E-state index in [0.29, 0.717) is 6.42 Å². The molecule has 2 aliphatic rings. The minimum atomic E-state index is -0.993. The number of hydrogen-bond acceptors (Lipinski definition) is 4. The zero-order valence-corrected chi connectivity index (χ0v) is 14.2. The fourth-order valence-corrected chi connectivity index (χ4v) is 3.38. The summed E-state index contributed by atoms with van der Waals surface area (Å²) in [5.41, 5.74) is 0.944. The van der Waals surface area contributed by atoms with Crippen LogP contribution in [0.2, 0.25) is 0 Å². The normalized spacial score (nSPS) is 18.8. The molecule has 3 rings (SSSR count). The van der Waals surface area contributed by atoms with Gasteiger partial charge in [-0.25, -0.2) is 4.79 Å². The van der Waals surface area contributed by atoms with Crippen molar-refractivity contribution < 1.29 is 14.7 Å². The zero-order valence-electron chi connectivity index (χ0n) is 13.4. The van der Waals surface area contributed by atoms with Gasteiger partial charge in [-0.05, 0) is 24.2 Å². The summed E-state index contributed by atoms with van der Waals surface area (Å²) in [5, 5.41) is 16.8. The molecule has 1 spiro atoms. The SMILES string of the molecule is O=C(O)C1=NOC2(CCN(C(=S)NCCc3ccccc3)CC2)C1. The second kappa shape index (κ2) is 7.17. The van der Waals surface area contributed by atoms with Crippen molar-refractivity contribution in [1.29, 1.82) is 0 Å². The van der Waals surface area contributed by atoms with Crippen LogP contribution in [0.5, 0.6) is 0 Å². The second-order valence-electron chi connectivity index (χ2n) is 6.25. The number of hydrogen-bond donors (Lipinski definition) is 2. The van der Waals surface area contributed by atoms with E-state index in [9.17, 15) is 4.79 Å². The van der Waals surface area contributed by atoms with Crippen LogP contribution in [0.25, 0.3) is 0 Å². The first-order valence-electron chi connectivity index (χ1n) is 8.13. The van der Waals surface area contributed by atoms with Crippen LogP contribution in [0, 0.1) is 0 Å². The predicted octanol–water partition coefficient (Wildman–Crippen LogP) is 1.80. The summed E-state index contributed by atoms with van der Waals surface area (Å²) < 4.78 is 0. The molecule has 2 heterocycles. The lowest BCUT2D eigenvalue weighted by Gasteiger charge is -2.38. The Morgan fingerprint density at radius 2 is 2.04 bits per heavy atom. The molecule has 0 atom stereocenters. The van der Waals surface area contributed by atoms with Crippen molar-refractivity contribution in [3.8, 4) is 0 Å². The lowest BCUT2D eigenvalue weighted by Crippen LogP contribution is -2.50. The number of nitrogens with zero attached hydrogens (tertiary/aromatic N) is 2. The maximum absolute atomic E-state index is 11.0. The van der Waals surface area contributed by atoms with E-state index in [0.717, 1.165) is 44.0 Å². The molecule has 1 aromatic carbocycles. The second-order valence-corrected chi connectivity index (χ2v) is 6.64. The van der Waals surface area contributed by atoms with Gasteiger partial charge in [0, 0.05) is 38.9 Å². The number of carbonyl (C=O) groups is 1. The number of piperidine rings is 1. The van der Waals surface area contributed by atoms with Crippen molar-refractivity contribution in [2.45, 2.75) is 31.3 Å². The lowest BCUT2D eigenvalue weighted by molar-refractivity contribution is -0.129.